The minimum absolute atomic E-state index is 0.0814. The van der Waals surface area contributed by atoms with Gasteiger partial charge in [0.25, 0.3) is 11.6 Å². The van der Waals surface area contributed by atoms with Crippen LogP contribution in [0, 0.1) is 10.1 Å². The van der Waals surface area contributed by atoms with Gasteiger partial charge in [0, 0.05) is 70.3 Å². The van der Waals surface area contributed by atoms with E-state index in [2.05, 4.69) is 39.4 Å². The van der Waals surface area contributed by atoms with Gasteiger partial charge in [-0.1, -0.05) is 18.2 Å². The van der Waals surface area contributed by atoms with Crippen molar-refractivity contribution in [1.29, 1.82) is 0 Å². The van der Waals surface area contributed by atoms with E-state index in [4.69, 9.17) is 0 Å². The van der Waals surface area contributed by atoms with Gasteiger partial charge in [0.05, 0.1) is 10.5 Å². The van der Waals surface area contributed by atoms with Crippen molar-refractivity contribution in [3.8, 4) is 0 Å². The number of hydrogen-bond acceptors (Lipinski definition) is 6. The molecule has 8 nitrogen and oxygen atoms in total. The molecule has 2 aromatic carbocycles. The van der Waals surface area contributed by atoms with E-state index in [1.807, 2.05) is 20.2 Å². The number of piperazine rings is 1. The second kappa shape index (κ2) is 10.1. The van der Waals surface area contributed by atoms with Crippen molar-refractivity contribution >= 4 is 23.0 Å². The smallest absolute Gasteiger partial charge is 0.270 e. The van der Waals surface area contributed by atoms with Crippen molar-refractivity contribution in [3.63, 3.8) is 0 Å². The maximum Gasteiger partial charge on any atom is 0.270 e. The van der Waals surface area contributed by atoms with Crippen LogP contribution in [0.5, 0.6) is 0 Å². The molecule has 0 aliphatic carbocycles. The van der Waals surface area contributed by atoms with Gasteiger partial charge in [0.2, 0.25) is 0 Å². The largest absolute Gasteiger partial charge is 0.377 e. The Hall–Kier alpha value is -3.13. The molecule has 1 aliphatic heterocycles. The van der Waals surface area contributed by atoms with Gasteiger partial charge >= 0.3 is 0 Å². The Morgan fingerprint density at radius 2 is 1.80 bits per heavy atom. The van der Waals surface area contributed by atoms with Crippen LogP contribution in [-0.4, -0.2) is 69.1 Å². The van der Waals surface area contributed by atoms with Gasteiger partial charge in [-0.3, -0.25) is 19.8 Å². The quantitative estimate of drug-likeness (QED) is 0.409. The highest BCUT2D eigenvalue weighted by molar-refractivity contribution is 6.00. The number of non-ortho nitro benzene ring substituents is 1. The Morgan fingerprint density at radius 3 is 2.43 bits per heavy atom. The zero-order valence-corrected chi connectivity index (χ0v) is 17.6. The molecular formula is C22H29N5O3. The van der Waals surface area contributed by atoms with Crippen molar-refractivity contribution in [2.45, 2.75) is 6.42 Å². The van der Waals surface area contributed by atoms with E-state index in [0.717, 1.165) is 39.1 Å². The summed E-state index contributed by atoms with van der Waals surface area (Å²) in [5, 5.41) is 14.0. The van der Waals surface area contributed by atoms with Gasteiger partial charge in [-0.05, 0) is 31.2 Å². The third kappa shape index (κ3) is 5.48. The van der Waals surface area contributed by atoms with Crippen LogP contribution in [-0.2, 0) is 0 Å². The van der Waals surface area contributed by atoms with Crippen LogP contribution in [0.4, 0.5) is 17.1 Å². The lowest BCUT2D eigenvalue weighted by atomic mass is 10.1. The van der Waals surface area contributed by atoms with E-state index >= 15 is 0 Å². The molecule has 1 N–H and O–H groups in total. The zero-order chi connectivity index (χ0) is 21.5. The van der Waals surface area contributed by atoms with E-state index in [-0.39, 0.29) is 11.6 Å². The zero-order valence-electron chi connectivity index (χ0n) is 17.6. The van der Waals surface area contributed by atoms with Gasteiger partial charge in [0.1, 0.15) is 0 Å². The number of nitrogens with zero attached hydrogens (tertiary/aromatic N) is 4. The molecule has 1 aliphatic rings. The SMILES string of the molecule is CN(C)c1ccc([N+](=O)[O-])cc1C(=O)NCCCN1CCN(c2ccccc2)CC1. The molecule has 2 aromatic rings. The molecule has 0 aromatic heterocycles. The molecule has 0 bridgehead atoms. The van der Waals surface area contributed by atoms with Gasteiger partial charge in [-0.2, -0.15) is 0 Å². The minimum atomic E-state index is -0.481. The molecule has 0 spiro atoms. The average Bonchev–Trinajstić information content (AvgIpc) is 2.77. The van der Waals surface area contributed by atoms with Gasteiger partial charge < -0.3 is 15.1 Å². The molecule has 30 heavy (non-hydrogen) atoms. The first-order valence-corrected chi connectivity index (χ1v) is 10.2. The second-order valence-corrected chi connectivity index (χ2v) is 7.63. The normalized spacial score (nSPS) is 14.4. The molecule has 1 amide bonds. The average molecular weight is 412 g/mol. The molecule has 8 heteroatoms. The fraction of sp³-hybridized carbons (Fsp3) is 0.409. The van der Waals surface area contributed by atoms with E-state index in [1.165, 1.54) is 17.8 Å². The lowest BCUT2D eigenvalue weighted by Gasteiger charge is -2.36. The summed E-state index contributed by atoms with van der Waals surface area (Å²) in [5.41, 5.74) is 2.17. The lowest BCUT2D eigenvalue weighted by molar-refractivity contribution is -0.384. The van der Waals surface area contributed by atoms with Crippen molar-refractivity contribution in [1.82, 2.24) is 10.2 Å². The predicted octanol–water partition coefficient (Wildman–Crippen LogP) is 2.60. The number of carbonyl (C=O) groups is 1. The Labute approximate surface area is 177 Å². The molecule has 0 atom stereocenters. The Kier molecular flexibility index (Phi) is 7.24. The summed E-state index contributed by atoms with van der Waals surface area (Å²) in [6.45, 7) is 5.44. The lowest BCUT2D eigenvalue weighted by Crippen LogP contribution is -2.47. The fourth-order valence-electron chi connectivity index (χ4n) is 3.68. The second-order valence-electron chi connectivity index (χ2n) is 7.63. The van der Waals surface area contributed by atoms with Crippen LogP contribution in [0.15, 0.2) is 48.5 Å². The predicted molar refractivity (Wildman–Crippen MR) is 119 cm³/mol. The first-order chi connectivity index (χ1) is 14.5. The third-order valence-corrected chi connectivity index (χ3v) is 5.35. The van der Waals surface area contributed by atoms with Crippen molar-refractivity contribution in [2.24, 2.45) is 0 Å². The topological polar surface area (TPSA) is 82.0 Å². The molecule has 1 fully saturated rings. The van der Waals surface area contributed by atoms with Crippen LogP contribution in [0.2, 0.25) is 0 Å². The fourth-order valence-corrected chi connectivity index (χ4v) is 3.68. The van der Waals surface area contributed by atoms with Crippen LogP contribution < -0.4 is 15.1 Å². The van der Waals surface area contributed by atoms with Crippen molar-refractivity contribution < 1.29 is 9.72 Å². The first kappa shape index (κ1) is 21.6. The monoisotopic (exact) mass is 411 g/mol. The molecule has 160 valence electrons. The highest BCUT2D eigenvalue weighted by Gasteiger charge is 2.19. The summed E-state index contributed by atoms with van der Waals surface area (Å²) in [4.78, 5) is 29.8. The van der Waals surface area contributed by atoms with Gasteiger partial charge in [-0.15, -0.1) is 0 Å². The third-order valence-electron chi connectivity index (χ3n) is 5.35. The number of nitrogens with one attached hydrogen (secondary N) is 1. The molecule has 0 unspecified atom stereocenters. The summed E-state index contributed by atoms with van der Waals surface area (Å²) in [7, 11) is 3.63. The standard InChI is InChI=1S/C22H29N5O3/c1-24(2)21-10-9-19(27(29)30)17-20(21)22(28)23-11-6-12-25-13-15-26(16-14-25)18-7-4-3-5-8-18/h3-5,7-10,17H,6,11-16H2,1-2H3,(H,23,28). The molecule has 1 saturated heterocycles. The number of nitro benzene ring substituents is 1. The van der Waals surface area contributed by atoms with E-state index in [9.17, 15) is 14.9 Å². The Morgan fingerprint density at radius 1 is 1.10 bits per heavy atom. The van der Waals surface area contributed by atoms with Gasteiger partial charge in [-0.25, -0.2) is 0 Å². The summed E-state index contributed by atoms with van der Waals surface area (Å²) < 4.78 is 0. The first-order valence-electron chi connectivity index (χ1n) is 10.2. The number of amides is 1. The number of nitro groups is 1. The van der Waals surface area contributed by atoms with Crippen LogP contribution in [0.1, 0.15) is 16.8 Å². The Bertz CT molecular complexity index is 864. The van der Waals surface area contributed by atoms with E-state index in [1.54, 1.807) is 11.0 Å². The molecule has 0 radical (unpaired) electrons. The minimum Gasteiger partial charge on any atom is -0.377 e. The number of hydrogen-bond donors (Lipinski definition) is 1. The highest BCUT2D eigenvalue weighted by Crippen LogP contribution is 2.24. The highest BCUT2D eigenvalue weighted by atomic mass is 16.6. The molecular weight excluding hydrogens is 382 g/mol. The summed E-state index contributed by atoms with van der Waals surface area (Å²) in [5.74, 6) is -0.281. The van der Waals surface area contributed by atoms with Crippen LogP contribution in [0.25, 0.3) is 0 Å². The summed E-state index contributed by atoms with van der Waals surface area (Å²) in [6.07, 6.45) is 0.837. The van der Waals surface area contributed by atoms with Crippen LogP contribution >= 0.6 is 0 Å². The number of para-hydroxylation sites is 1. The summed E-state index contributed by atoms with van der Waals surface area (Å²) >= 11 is 0. The van der Waals surface area contributed by atoms with Crippen molar-refractivity contribution in [2.75, 3.05) is 63.2 Å². The molecule has 1 heterocycles. The van der Waals surface area contributed by atoms with E-state index < -0.39 is 4.92 Å². The van der Waals surface area contributed by atoms with Crippen LogP contribution in [0.3, 0.4) is 0 Å². The van der Waals surface area contributed by atoms with E-state index in [0.29, 0.717) is 17.8 Å². The number of anilines is 2. The molecule has 3 rings (SSSR count). The van der Waals surface area contributed by atoms with Crippen molar-refractivity contribution in [3.05, 3.63) is 64.2 Å². The van der Waals surface area contributed by atoms with Gasteiger partial charge in [0.15, 0.2) is 0 Å². The maximum atomic E-state index is 12.6. The number of benzene rings is 2. The Balaban J connectivity index is 1.45. The maximum absolute atomic E-state index is 12.6. The summed E-state index contributed by atoms with van der Waals surface area (Å²) in [6, 6.07) is 14.8. The number of rotatable bonds is 8. The number of carbonyl (C=O) groups excluding carboxylic acids is 1. The molecule has 0 saturated carbocycles.